The van der Waals surface area contributed by atoms with Crippen LogP contribution >= 0.6 is 0 Å². The molecule has 1 saturated carbocycles. The normalized spacial score (nSPS) is 19.3. The zero-order valence-electron chi connectivity index (χ0n) is 14.9. The molecule has 0 saturated heterocycles. The Morgan fingerprint density at radius 2 is 2.04 bits per heavy atom. The number of hydrogen-bond acceptors (Lipinski definition) is 7. The Hall–Kier alpha value is -3.18. The number of aromatic nitrogens is 7. The van der Waals surface area contributed by atoms with Gasteiger partial charge in [-0.15, -0.1) is 0 Å². The largest absolute Gasteiger partial charge is 0.421 e. The minimum atomic E-state index is -4.53. The molecule has 12 heteroatoms. The molecule has 148 valence electrons. The van der Waals surface area contributed by atoms with E-state index in [9.17, 15) is 13.2 Å². The fraction of sp³-hybridized carbons (Fsp3) is 0.438. The number of rotatable bonds is 6. The summed E-state index contributed by atoms with van der Waals surface area (Å²) in [6.45, 7) is 2.00. The molecule has 2 atom stereocenters. The van der Waals surface area contributed by atoms with Crippen LogP contribution in [0.3, 0.4) is 0 Å². The molecule has 2 unspecified atom stereocenters. The number of aromatic amines is 1. The van der Waals surface area contributed by atoms with Gasteiger partial charge in [-0.25, -0.2) is 4.98 Å². The van der Waals surface area contributed by atoms with E-state index in [4.69, 9.17) is 0 Å². The lowest BCUT2D eigenvalue weighted by Gasteiger charge is -2.34. The molecule has 3 heterocycles. The summed E-state index contributed by atoms with van der Waals surface area (Å²) in [5.41, 5.74) is -0.0125. The van der Waals surface area contributed by atoms with Crippen molar-refractivity contribution in [2.45, 2.75) is 37.9 Å². The molecular formula is C16H18F3N9. The third kappa shape index (κ3) is 3.49. The van der Waals surface area contributed by atoms with Crippen molar-refractivity contribution in [1.82, 2.24) is 35.2 Å². The van der Waals surface area contributed by atoms with E-state index in [1.807, 2.05) is 0 Å². The lowest BCUT2D eigenvalue weighted by Crippen LogP contribution is -2.29. The molecule has 4 rings (SSSR count). The Morgan fingerprint density at radius 1 is 1.25 bits per heavy atom. The van der Waals surface area contributed by atoms with E-state index in [-0.39, 0.29) is 23.7 Å². The van der Waals surface area contributed by atoms with Gasteiger partial charge in [-0.1, -0.05) is 0 Å². The number of hydrogen-bond donors (Lipinski definition) is 3. The van der Waals surface area contributed by atoms with Crippen molar-refractivity contribution in [3.8, 4) is 0 Å². The number of anilines is 3. The van der Waals surface area contributed by atoms with Crippen LogP contribution in [0.5, 0.6) is 0 Å². The highest BCUT2D eigenvalue weighted by molar-refractivity contribution is 5.54. The molecule has 3 aromatic rings. The minimum Gasteiger partial charge on any atom is -0.370 e. The highest BCUT2D eigenvalue weighted by Crippen LogP contribution is 2.45. The quantitative estimate of drug-likeness (QED) is 0.590. The summed E-state index contributed by atoms with van der Waals surface area (Å²) in [6, 6.07) is 1.96. The van der Waals surface area contributed by atoms with Gasteiger partial charge in [0.25, 0.3) is 0 Å². The topological polar surface area (TPSA) is 109 Å². The van der Waals surface area contributed by atoms with E-state index >= 15 is 0 Å². The van der Waals surface area contributed by atoms with Gasteiger partial charge in [0, 0.05) is 30.4 Å². The Balaban J connectivity index is 1.50. The van der Waals surface area contributed by atoms with E-state index in [1.165, 1.54) is 0 Å². The molecule has 3 N–H and O–H groups in total. The first kappa shape index (κ1) is 18.2. The predicted octanol–water partition coefficient (Wildman–Crippen LogP) is 3.10. The molecule has 1 aliphatic rings. The van der Waals surface area contributed by atoms with Crippen molar-refractivity contribution in [3.05, 3.63) is 35.9 Å². The molecule has 3 aromatic heterocycles. The highest BCUT2D eigenvalue weighted by atomic mass is 19.4. The third-order valence-corrected chi connectivity index (χ3v) is 4.65. The summed E-state index contributed by atoms with van der Waals surface area (Å²) in [5.74, 6) is 0.380. The van der Waals surface area contributed by atoms with Gasteiger partial charge in [-0.05, 0) is 19.8 Å². The fourth-order valence-electron chi connectivity index (χ4n) is 3.18. The van der Waals surface area contributed by atoms with Crippen molar-refractivity contribution in [3.63, 3.8) is 0 Å². The van der Waals surface area contributed by atoms with Gasteiger partial charge < -0.3 is 10.6 Å². The summed E-state index contributed by atoms with van der Waals surface area (Å²) in [5, 5.41) is 21.0. The average molecular weight is 393 g/mol. The molecule has 0 aromatic carbocycles. The Kier molecular flexibility index (Phi) is 4.61. The first-order valence-electron chi connectivity index (χ1n) is 8.82. The van der Waals surface area contributed by atoms with Crippen LogP contribution in [-0.4, -0.2) is 41.7 Å². The van der Waals surface area contributed by atoms with Crippen LogP contribution < -0.4 is 10.6 Å². The maximum Gasteiger partial charge on any atom is 0.421 e. The van der Waals surface area contributed by atoms with Crippen LogP contribution in [0.15, 0.2) is 24.7 Å². The van der Waals surface area contributed by atoms with E-state index < -0.39 is 11.7 Å². The van der Waals surface area contributed by atoms with Gasteiger partial charge in [0.2, 0.25) is 5.95 Å². The molecular weight excluding hydrogens is 375 g/mol. The molecule has 0 bridgehead atoms. The molecule has 28 heavy (non-hydrogen) atoms. The molecule has 0 amide bonds. The van der Waals surface area contributed by atoms with Gasteiger partial charge >= 0.3 is 6.18 Å². The highest BCUT2D eigenvalue weighted by Gasteiger charge is 2.37. The number of H-pyrrole nitrogens is 1. The predicted molar refractivity (Wildman–Crippen MR) is 94.1 cm³/mol. The summed E-state index contributed by atoms with van der Waals surface area (Å²) in [6.07, 6.45) is 1.43. The molecule has 1 aliphatic carbocycles. The van der Waals surface area contributed by atoms with Crippen molar-refractivity contribution < 1.29 is 13.2 Å². The van der Waals surface area contributed by atoms with E-state index in [1.54, 1.807) is 30.2 Å². The smallest absolute Gasteiger partial charge is 0.370 e. The Bertz CT molecular complexity index is 935. The lowest BCUT2D eigenvalue weighted by molar-refractivity contribution is -0.137. The maximum absolute atomic E-state index is 13.1. The minimum absolute atomic E-state index is 0.0286. The van der Waals surface area contributed by atoms with Gasteiger partial charge in [0.15, 0.2) is 5.82 Å². The van der Waals surface area contributed by atoms with E-state index in [2.05, 4.69) is 41.0 Å². The summed E-state index contributed by atoms with van der Waals surface area (Å²) < 4.78 is 39.2. The molecule has 0 aliphatic heterocycles. The molecule has 1 fully saturated rings. The van der Waals surface area contributed by atoms with Crippen molar-refractivity contribution in [2.24, 2.45) is 0 Å². The van der Waals surface area contributed by atoms with Crippen molar-refractivity contribution in [1.29, 1.82) is 0 Å². The summed E-state index contributed by atoms with van der Waals surface area (Å²) in [4.78, 5) is 9.39. The van der Waals surface area contributed by atoms with Gasteiger partial charge in [-0.2, -0.15) is 38.2 Å². The van der Waals surface area contributed by atoms with Crippen LogP contribution in [0.2, 0.25) is 0 Å². The first-order valence-corrected chi connectivity index (χ1v) is 8.82. The molecule has 0 radical (unpaired) electrons. The molecule has 0 spiro atoms. The van der Waals surface area contributed by atoms with E-state index in [0.717, 1.165) is 24.7 Å². The standard InChI is InChI=1S/C16H18F3N9/c1-2-20-14-10(16(17,18)19)8-21-15(25-14)24-13-7-11(26-27-13)9-3-4-12(9)28-22-5-6-23-28/h5-9,12H,2-4H2,1H3,(H3,20,21,24,25,26,27). The van der Waals surface area contributed by atoms with Gasteiger partial charge in [0.05, 0.1) is 18.4 Å². The van der Waals surface area contributed by atoms with E-state index in [0.29, 0.717) is 12.4 Å². The third-order valence-electron chi connectivity index (χ3n) is 4.65. The second-order valence-electron chi connectivity index (χ2n) is 6.42. The number of nitrogens with one attached hydrogen (secondary N) is 3. The van der Waals surface area contributed by atoms with Crippen LogP contribution in [-0.2, 0) is 6.18 Å². The fourth-order valence-corrected chi connectivity index (χ4v) is 3.18. The summed E-state index contributed by atoms with van der Waals surface area (Å²) >= 11 is 0. The average Bonchev–Trinajstić information content (AvgIpc) is 3.26. The van der Waals surface area contributed by atoms with Crippen LogP contribution in [0.1, 0.15) is 43.0 Å². The first-order chi connectivity index (χ1) is 13.5. The van der Waals surface area contributed by atoms with Gasteiger partial charge in [0.1, 0.15) is 11.4 Å². The lowest BCUT2D eigenvalue weighted by atomic mass is 9.78. The monoisotopic (exact) mass is 393 g/mol. The number of alkyl halides is 3. The van der Waals surface area contributed by atoms with Crippen molar-refractivity contribution in [2.75, 3.05) is 17.2 Å². The van der Waals surface area contributed by atoms with Crippen LogP contribution in [0.4, 0.5) is 30.8 Å². The molecule has 9 nitrogen and oxygen atoms in total. The second-order valence-corrected chi connectivity index (χ2v) is 6.42. The zero-order chi connectivity index (χ0) is 19.7. The van der Waals surface area contributed by atoms with Gasteiger partial charge in [-0.3, -0.25) is 5.10 Å². The number of halogens is 3. The SMILES string of the molecule is CCNc1nc(Nc2cc(C3CCC3n3nccn3)[nH]n2)ncc1C(F)(F)F. The summed E-state index contributed by atoms with van der Waals surface area (Å²) in [7, 11) is 0. The Morgan fingerprint density at radius 3 is 2.68 bits per heavy atom. The van der Waals surface area contributed by atoms with Crippen LogP contribution in [0.25, 0.3) is 0 Å². The van der Waals surface area contributed by atoms with Crippen molar-refractivity contribution >= 4 is 17.6 Å². The second kappa shape index (κ2) is 7.09. The van der Waals surface area contributed by atoms with Crippen LogP contribution in [0, 0.1) is 0 Å². The Labute approximate surface area is 157 Å². The maximum atomic E-state index is 13.1. The zero-order valence-corrected chi connectivity index (χ0v) is 14.9. The number of nitrogens with zero attached hydrogens (tertiary/aromatic N) is 6.